The van der Waals surface area contributed by atoms with Crippen molar-refractivity contribution in [3.63, 3.8) is 0 Å². The quantitative estimate of drug-likeness (QED) is 0.853. The molecule has 0 radical (unpaired) electrons. The Balaban J connectivity index is 1.82. The van der Waals surface area contributed by atoms with Crippen LogP contribution in [0.1, 0.15) is 10.5 Å². The molecule has 0 fully saturated rings. The van der Waals surface area contributed by atoms with Crippen molar-refractivity contribution in [3.8, 4) is 11.5 Å². The number of nitrogens with zero attached hydrogens (tertiary/aromatic N) is 2. The van der Waals surface area contributed by atoms with Crippen LogP contribution in [0.2, 0.25) is 0 Å². The zero-order chi connectivity index (χ0) is 13.9. The Morgan fingerprint density at radius 1 is 1.30 bits per heavy atom. The lowest BCUT2D eigenvalue weighted by molar-refractivity contribution is 0.0593. The second-order valence-corrected chi connectivity index (χ2v) is 3.97. The number of aromatic nitrogens is 2. The van der Waals surface area contributed by atoms with Crippen LogP contribution in [0.25, 0.3) is 0 Å². The first kappa shape index (κ1) is 12.2. The lowest BCUT2D eigenvalue weighted by Crippen LogP contribution is -2.06. The van der Waals surface area contributed by atoms with Gasteiger partial charge in [0, 0.05) is 11.8 Å². The number of anilines is 2. The highest BCUT2D eigenvalue weighted by Gasteiger charge is 2.14. The minimum absolute atomic E-state index is 0.137. The van der Waals surface area contributed by atoms with Crippen molar-refractivity contribution in [1.82, 2.24) is 9.97 Å². The number of rotatable bonds is 3. The van der Waals surface area contributed by atoms with Crippen molar-refractivity contribution in [1.29, 1.82) is 0 Å². The van der Waals surface area contributed by atoms with Crippen LogP contribution in [0.3, 0.4) is 0 Å². The molecule has 1 aromatic heterocycles. The Bertz CT molecular complexity index is 660. The maximum absolute atomic E-state index is 11.4. The van der Waals surface area contributed by atoms with Crippen molar-refractivity contribution in [2.45, 2.75) is 0 Å². The minimum Gasteiger partial charge on any atom is -0.464 e. The monoisotopic (exact) mass is 273 g/mol. The molecule has 7 heteroatoms. The molecule has 1 N–H and O–H groups in total. The van der Waals surface area contributed by atoms with Crippen LogP contribution in [-0.4, -0.2) is 29.8 Å². The van der Waals surface area contributed by atoms with Gasteiger partial charge in [-0.1, -0.05) is 0 Å². The lowest BCUT2D eigenvalue weighted by Gasteiger charge is -2.07. The van der Waals surface area contributed by atoms with E-state index in [0.29, 0.717) is 17.3 Å². The average Bonchev–Trinajstić information content (AvgIpc) is 2.94. The van der Waals surface area contributed by atoms with Crippen molar-refractivity contribution >= 4 is 17.5 Å². The number of benzene rings is 1. The summed E-state index contributed by atoms with van der Waals surface area (Å²) >= 11 is 0. The average molecular weight is 273 g/mol. The van der Waals surface area contributed by atoms with Crippen LogP contribution < -0.4 is 14.8 Å². The number of carbonyl (C=O) groups excluding carboxylic acids is 1. The van der Waals surface area contributed by atoms with Gasteiger partial charge in [0.15, 0.2) is 17.2 Å². The Morgan fingerprint density at radius 2 is 2.15 bits per heavy atom. The SMILES string of the molecule is COC(=O)c1cncc(Nc2ccc3c(c2)OCO3)n1. The van der Waals surface area contributed by atoms with Gasteiger partial charge in [0.1, 0.15) is 5.82 Å². The van der Waals surface area contributed by atoms with Crippen LogP contribution in [0.5, 0.6) is 11.5 Å². The highest BCUT2D eigenvalue weighted by atomic mass is 16.7. The zero-order valence-corrected chi connectivity index (χ0v) is 10.6. The summed E-state index contributed by atoms with van der Waals surface area (Å²) in [5, 5.41) is 3.04. The van der Waals surface area contributed by atoms with Crippen molar-refractivity contribution in [2.75, 3.05) is 19.2 Å². The van der Waals surface area contributed by atoms with E-state index in [0.717, 1.165) is 5.69 Å². The molecular weight excluding hydrogens is 262 g/mol. The summed E-state index contributed by atoms with van der Waals surface area (Å²) < 4.78 is 15.1. The fourth-order valence-corrected chi connectivity index (χ4v) is 1.75. The summed E-state index contributed by atoms with van der Waals surface area (Å²) in [4.78, 5) is 19.4. The normalized spacial score (nSPS) is 12.1. The summed E-state index contributed by atoms with van der Waals surface area (Å²) in [6.07, 6.45) is 2.85. The first-order chi connectivity index (χ1) is 9.76. The highest BCUT2D eigenvalue weighted by Crippen LogP contribution is 2.34. The van der Waals surface area contributed by atoms with E-state index >= 15 is 0 Å². The van der Waals surface area contributed by atoms with Crippen molar-refractivity contribution in [3.05, 3.63) is 36.3 Å². The van der Waals surface area contributed by atoms with Gasteiger partial charge in [-0.25, -0.2) is 9.78 Å². The summed E-state index contributed by atoms with van der Waals surface area (Å²) in [7, 11) is 1.29. The first-order valence-corrected chi connectivity index (χ1v) is 5.83. The van der Waals surface area contributed by atoms with Gasteiger partial charge < -0.3 is 19.5 Å². The van der Waals surface area contributed by atoms with E-state index in [1.807, 2.05) is 6.07 Å². The van der Waals surface area contributed by atoms with Crippen LogP contribution in [-0.2, 0) is 4.74 Å². The number of hydrogen-bond donors (Lipinski definition) is 1. The van der Waals surface area contributed by atoms with Gasteiger partial charge in [-0.3, -0.25) is 4.98 Å². The third-order valence-electron chi connectivity index (χ3n) is 2.67. The molecule has 102 valence electrons. The fourth-order valence-electron chi connectivity index (χ4n) is 1.75. The Morgan fingerprint density at radius 3 is 3.00 bits per heavy atom. The van der Waals surface area contributed by atoms with Gasteiger partial charge in [0.2, 0.25) is 6.79 Å². The molecule has 0 atom stereocenters. The van der Waals surface area contributed by atoms with Crippen molar-refractivity contribution in [2.24, 2.45) is 0 Å². The molecule has 0 saturated carbocycles. The molecule has 20 heavy (non-hydrogen) atoms. The van der Waals surface area contributed by atoms with E-state index in [1.165, 1.54) is 19.5 Å². The fraction of sp³-hybridized carbons (Fsp3) is 0.154. The third kappa shape index (κ3) is 2.33. The molecule has 7 nitrogen and oxygen atoms in total. The van der Waals surface area contributed by atoms with E-state index < -0.39 is 5.97 Å². The molecule has 3 rings (SSSR count). The topological polar surface area (TPSA) is 82.6 Å². The predicted octanol–water partition coefficient (Wildman–Crippen LogP) is 1.74. The van der Waals surface area contributed by atoms with Crippen LogP contribution in [0.15, 0.2) is 30.6 Å². The maximum atomic E-state index is 11.4. The van der Waals surface area contributed by atoms with E-state index in [-0.39, 0.29) is 12.5 Å². The van der Waals surface area contributed by atoms with Crippen LogP contribution in [0.4, 0.5) is 11.5 Å². The second-order valence-electron chi connectivity index (χ2n) is 3.97. The smallest absolute Gasteiger partial charge is 0.358 e. The lowest BCUT2D eigenvalue weighted by atomic mass is 10.3. The van der Waals surface area contributed by atoms with Crippen LogP contribution >= 0.6 is 0 Å². The predicted molar refractivity (Wildman–Crippen MR) is 69.2 cm³/mol. The van der Waals surface area contributed by atoms with Gasteiger partial charge in [0.05, 0.1) is 19.5 Å². The molecule has 0 amide bonds. The van der Waals surface area contributed by atoms with Gasteiger partial charge in [-0.2, -0.15) is 0 Å². The minimum atomic E-state index is -0.535. The molecular formula is C13H11N3O4. The molecule has 0 unspecified atom stereocenters. The molecule has 0 bridgehead atoms. The first-order valence-electron chi connectivity index (χ1n) is 5.83. The van der Waals surface area contributed by atoms with E-state index in [2.05, 4.69) is 20.0 Å². The van der Waals surface area contributed by atoms with Gasteiger partial charge in [-0.05, 0) is 12.1 Å². The third-order valence-corrected chi connectivity index (χ3v) is 2.67. The summed E-state index contributed by atoms with van der Waals surface area (Å²) in [5.74, 6) is 1.26. The number of ether oxygens (including phenoxy) is 3. The summed E-state index contributed by atoms with van der Waals surface area (Å²) in [6, 6.07) is 5.40. The highest BCUT2D eigenvalue weighted by molar-refractivity contribution is 5.87. The maximum Gasteiger partial charge on any atom is 0.358 e. The molecule has 2 heterocycles. The zero-order valence-electron chi connectivity index (χ0n) is 10.6. The van der Waals surface area contributed by atoms with Gasteiger partial charge >= 0.3 is 5.97 Å². The van der Waals surface area contributed by atoms with E-state index in [4.69, 9.17) is 9.47 Å². The number of fused-ring (bicyclic) bond motifs is 1. The largest absolute Gasteiger partial charge is 0.464 e. The number of methoxy groups -OCH3 is 1. The molecule has 1 aromatic carbocycles. The molecule has 1 aliphatic heterocycles. The molecule has 0 aliphatic carbocycles. The Kier molecular flexibility index (Phi) is 3.08. The van der Waals surface area contributed by atoms with E-state index in [9.17, 15) is 4.79 Å². The Hall–Kier alpha value is -2.83. The Labute approximate surface area is 114 Å². The number of esters is 1. The number of nitrogens with one attached hydrogen (secondary N) is 1. The summed E-state index contributed by atoms with van der Waals surface area (Å²) in [5.41, 5.74) is 0.892. The second kappa shape index (κ2) is 5.04. The summed E-state index contributed by atoms with van der Waals surface area (Å²) in [6.45, 7) is 0.219. The van der Waals surface area contributed by atoms with Gasteiger partial charge in [0.25, 0.3) is 0 Å². The number of hydrogen-bond acceptors (Lipinski definition) is 7. The van der Waals surface area contributed by atoms with Crippen LogP contribution in [0, 0.1) is 0 Å². The number of carbonyl (C=O) groups is 1. The molecule has 0 saturated heterocycles. The molecule has 0 spiro atoms. The van der Waals surface area contributed by atoms with E-state index in [1.54, 1.807) is 12.1 Å². The van der Waals surface area contributed by atoms with Crippen molar-refractivity contribution < 1.29 is 19.0 Å². The standard InChI is InChI=1S/C13H11N3O4/c1-18-13(17)9-5-14-6-12(16-9)15-8-2-3-10-11(4-8)20-7-19-10/h2-6H,7H2,1H3,(H,15,16). The molecule has 1 aliphatic rings. The molecule has 2 aromatic rings. The van der Waals surface area contributed by atoms with Gasteiger partial charge in [-0.15, -0.1) is 0 Å².